The van der Waals surface area contributed by atoms with Gasteiger partial charge in [-0.25, -0.2) is 4.98 Å². The second-order valence-electron chi connectivity index (χ2n) is 7.75. The lowest BCUT2D eigenvalue weighted by Gasteiger charge is -2.11. The minimum absolute atomic E-state index is 0.900. The van der Waals surface area contributed by atoms with Crippen molar-refractivity contribution in [1.82, 2.24) is 4.98 Å². The smallest absolute Gasteiger partial charge is 0.143 e. The number of furan rings is 1. The van der Waals surface area contributed by atoms with Crippen molar-refractivity contribution >= 4 is 37.9 Å². The molecular weight excluding hydrogens is 458 g/mol. The first-order valence-electron chi connectivity index (χ1n) is 10.5. The molecule has 2 aromatic heterocycles. The number of benzene rings is 4. The van der Waals surface area contributed by atoms with E-state index >= 15 is 0 Å². The van der Waals surface area contributed by atoms with Crippen LogP contribution >= 0.6 is 15.9 Å². The highest BCUT2D eigenvalue weighted by Crippen LogP contribution is 2.38. The maximum absolute atomic E-state index is 6.32. The standard InChI is InChI=1S/C29H18BrNO/c30-25-15-6-4-12-24(25)27-18-20(17-26(31-27)19-9-2-1-3-10-19)21-13-8-14-23-22-11-5-7-16-28(22)32-29(21)23/h1-18H. The van der Waals surface area contributed by atoms with Gasteiger partial charge in [0, 0.05) is 31.9 Å². The molecule has 0 aliphatic heterocycles. The lowest BCUT2D eigenvalue weighted by molar-refractivity contribution is 0.670. The predicted octanol–water partition coefficient (Wildman–Crippen LogP) is 8.74. The van der Waals surface area contributed by atoms with Gasteiger partial charge in [0.25, 0.3) is 0 Å². The van der Waals surface area contributed by atoms with E-state index in [0.29, 0.717) is 0 Å². The van der Waals surface area contributed by atoms with E-state index in [1.54, 1.807) is 0 Å². The van der Waals surface area contributed by atoms with Crippen LogP contribution in [-0.4, -0.2) is 4.98 Å². The van der Waals surface area contributed by atoms with Crippen molar-refractivity contribution in [2.24, 2.45) is 0 Å². The van der Waals surface area contributed by atoms with Crippen molar-refractivity contribution in [3.63, 3.8) is 0 Å². The number of pyridine rings is 1. The summed E-state index contributed by atoms with van der Waals surface area (Å²) in [5, 5.41) is 2.26. The topological polar surface area (TPSA) is 26.0 Å². The van der Waals surface area contributed by atoms with E-state index in [0.717, 1.165) is 60.1 Å². The summed E-state index contributed by atoms with van der Waals surface area (Å²) >= 11 is 3.70. The van der Waals surface area contributed by atoms with Crippen LogP contribution in [0.3, 0.4) is 0 Å². The average Bonchev–Trinajstić information content (AvgIpc) is 3.23. The van der Waals surface area contributed by atoms with Crippen molar-refractivity contribution < 1.29 is 4.42 Å². The molecule has 0 fully saturated rings. The van der Waals surface area contributed by atoms with E-state index in [4.69, 9.17) is 9.40 Å². The average molecular weight is 476 g/mol. The number of nitrogens with zero attached hydrogens (tertiary/aromatic N) is 1. The van der Waals surface area contributed by atoms with E-state index in [2.05, 4.69) is 76.6 Å². The number of fused-ring (bicyclic) bond motifs is 3. The number of aromatic nitrogens is 1. The van der Waals surface area contributed by atoms with E-state index in [1.165, 1.54) is 0 Å². The van der Waals surface area contributed by atoms with Crippen LogP contribution in [-0.2, 0) is 0 Å². The van der Waals surface area contributed by atoms with Gasteiger partial charge in [-0.3, -0.25) is 0 Å². The molecule has 2 heterocycles. The maximum Gasteiger partial charge on any atom is 0.143 e. The van der Waals surface area contributed by atoms with Crippen LogP contribution in [0.2, 0.25) is 0 Å². The number of para-hydroxylation sites is 2. The predicted molar refractivity (Wildman–Crippen MR) is 136 cm³/mol. The number of hydrogen-bond donors (Lipinski definition) is 0. The molecule has 0 radical (unpaired) electrons. The van der Waals surface area contributed by atoms with Gasteiger partial charge in [0.05, 0.1) is 11.4 Å². The SMILES string of the molecule is Brc1ccccc1-c1cc(-c2cccc3c2oc2ccccc23)cc(-c2ccccc2)n1. The molecule has 6 rings (SSSR count). The van der Waals surface area contributed by atoms with Gasteiger partial charge in [-0.2, -0.15) is 0 Å². The molecule has 3 heteroatoms. The van der Waals surface area contributed by atoms with Gasteiger partial charge in [0.1, 0.15) is 11.2 Å². The van der Waals surface area contributed by atoms with E-state index in [9.17, 15) is 0 Å². The summed E-state index contributed by atoms with van der Waals surface area (Å²) in [5.74, 6) is 0. The Bertz CT molecular complexity index is 1580. The van der Waals surface area contributed by atoms with E-state index in [1.807, 2.05) is 48.5 Å². The highest BCUT2D eigenvalue weighted by molar-refractivity contribution is 9.10. The maximum atomic E-state index is 6.32. The number of rotatable bonds is 3. The molecule has 32 heavy (non-hydrogen) atoms. The second-order valence-corrected chi connectivity index (χ2v) is 8.61. The Morgan fingerprint density at radius 3 is 2.12 bits per heavy atom. The molecule has 0 saturated heterocycles. The van der Waals surface area contributed by atoms with Gasteiger partial charge in [-0.1, -0.05) is 101 Å². The third-order valence-corrected chi connectivity index (χ3v) is 6.45. The van der Waals surface area contributed by atoms with Crippen LogP contribution in [0.4, 0.5) is 0 Å². The van der Waals surface area contributed by atoms with Crippen LogP contribution < -0.4 is 0 Å². The highest BCUT2D eigenvalue weighted by Gasteiger charge is 2.15. The molecule has 4 aromatic carbocycles. The third-order valence-electron chi connectivity index (χ3n) is 5.76. The van der Waals surface area contributed by atoms with Crippen LogP contribution in [0.1, 0.15) is 0 Å². The third kappa shape index (κ3) is 3.22. The van der Waals surface area contributed by atoms with Gasteiger partial charge in [-0.05, 0) is 29.8 Å². The monoisotopic (exact) mass is 475 g/mol. The molecule has 0 saturated carbocycles. The second kappa shape index (κ2) is 7.77. The van der Waals surface area contributed by atoms with Crippen molar-refractivity contribution in [3.8, 4) is 33.6 Å². The first kappa shape index (κ1) is 19.0. The zero-order chi connectivity index (χ0) is 21.5. The summed E-state index contributed by atoms with van der Waals surface area (Å²) in [6.45, 7) is 0. The fourth-order valence-electron chi connectivity index (χ4n) is 4.22. The molecule has 0 unspecified atom stereocenters. The number of hydrogen-bond acceptors (Lipinski definition) is 2. The fraction of sp³-hybridized carbons (Fsp3) is 0. The molecule has 152 valence electrons. The first-order chi connectivity index (χ1) is 15.8. The Morgan fingerprint density at radius 1 is 0.562 bits per heavy atom. The van der Waals surface area contributed by atoms with Gasteiger partial charge in [-0.15, -0.1) is 0 Å². The normalized spacial score (nSPS) is 11.3. The molecule has 2 nitrogen and oxygen atoms in total. The molecule has 0 spiro atoms. The lowest BCUT2D eigenvalue weighted by atomic mass is 9.98. The summed E-state index contributed by atoms with van der Waals surface area (Å²) in [5.41, 5.74) is 7.93. The number of halogens is 1. The zero-order valence-corrected chi connectivity index (χ0v) is 18.7. The first-order valence-corrected chi connectivity index (χ1v) is 11.3. The van der Waals surface area contributed by atoms with E-state index in [-0.39, 0.29) is 0 Å². The van der Waals surface area contributed by atoms with Crippen molar-refractivity contribution in [3.05, 3.63) is 114 Å². The fourth-order valence-corrected chi connectivity index (χ4v) is 4.71. The molecule has 0 bridgehead atoms. The molecule has 0 aliphatic carbocycles. The molecule has 0 N–H and O–H groups in total. The van der Waals surface area contributed by atoms with Crippen LogP contribution in [0, 0.1) is 0 Å². The van der Waals surface area contributed by atoms with Crippen molar-refractivity contribution in [2.75, 3.05) is 0 Å². The van der Waals surface area contributed by atoms with Gasteiger partial charge in [0.15, 0.2) is 0 Å². The summed E-state index contributed by atoms with van der Waals surface area (Å²) in [7, 11) is 0. The molecule has 0 atom stereocenters. The molecule has 0 aliphatic rings. The zero-order valence-electron chi connectivity index (χ0n) is 17.1. The van der Waals surface area contributed by atoms with Crippen molar-refractivity contribution in [1.29, 1.82) is 0 Å². The molecular formula is C29H18BrNO. The Hall–Kier alpha value is -3.69. The van der Waals surface area contributed by atoms with Gasteiger partial charge < -0.3 is 4.42 Å². The van der Waals surface area contributed by atoms with Crippen LogP contribution in [0.15, 0.2) is 118 Å². The Kier molecular flexibility index (Phi) is 4.62. The van der Waals surface area contributed by atoms with Gasteiger partial charge >= 0.3 is 0 Å². The largest absolute Gasteiger partial charge is 0.455 e. The summed E-state index contributed by atoms with van der Waals surface area (Å²) in [4.78, 5) is 5.02. The Morgan fingerprint density at radius 2 is 1.25 bits per heavy atom. The molecule has 0 amide bonds. The minimum atomic E-state index is 0.900. The van der Waals surface area contributed by atoms with Crippen LogP contribution in [0.5, 0.6) is 0 Å². The molecule has 6 aromatic rings. The lowest BCUT2D eigenvalue weighted by Crippen LogP contribution is -1.92. The quantitative estimate of drug-likeness (QED) is 0.255. The van der Waals surface area contributed by atoms with Gasteiger partial charge in [0.2, 0.25) is 0 Å². The summed E-state index contributed by atoms with van der Waals surface area (Å²) in [6.07, 6.45) is 0. The van der Waals surface area contributed by atoms with E-state index < -0.39 is 0 Å². The summed E-state index contributed by atoms with van der Waals surface area (Å²) in [6, 6.07) is 37.3. The van der Waals surface area contributed by atoms with Crippen molar-refractivity contribution in [2.45, 2.75) is 0 Å². The minimum Gasteiger partial charge on any atom is -0.455 e. The summed E-state index contributed by atoms with van der Waals surface area (Å²) < 4.78 is 7.34. The Labute approximate surface area is 194 Å². The van der Waals surface area contributed by atoms with Crippen LogP contribution in [0.25, 0.3) is 55.6 Å². The highest BCUT2D eigenvalue weighted by atomic mass is 79.9. The Balaban J connectivity index is 1.64.